The first-order valence-electron chi connectivity index (χ1n) is 10.5. The van der Waals surface area contributed by atoms with Crippen molar-refractivity contribution < 1.29 is 23.8 Å². The van der Waals surface area contributed by atoms with E-state index in [1.807, 2.05) is 32.0 Å². The van der Waals surface area contributed by atoms with Crippen LogP contribution in [0.15, 0.2) is 40.7 Å². The molecule has 0 radical (unpaired) electrons. The number of aryl methyl sites for hydroxylation is 2. The van der Waals surface area contributed by atoms with Crippen LogP contribution in [0.3, 0.4) is 0 Å². The summed E-state index contributed by atoms with van der Waals surface area (Å²) in [6.45, 7) is 3.95. The number of carbonyl (C=O) groups is 2. The number of thioether (sulfide) groups is 1. The summed E-state index contributed by atoms with van der Waals surface area (Å²) in [6, 6.07) is 9.31. The summed E-state index contributed by atoms with van der Waals surface area (Å²) in [4.78, 5) is 24.6. The van der Waals surface area contributed by atoms with Crippen LogP contribution in [-0.4, -0.2) is 49.1 Å². The first-order chi connectivity index (χ1) is 16.8. The van der Waals surface area contributed by atoms with Crippen LogP contribution in [-0.2, 0) is 9.59 Å². The lowest BCUT2D eigenvalue weighted by molar-refractivity contribution is -0.114. The highest BCUT2D eigenvalue weighted by Crippen LogP contribution is 2.38. The average Bonchev–Trinajstić information content (AvgIpc) is 3.29. The third-order valence-electron chi connectivity index (χ3n) is 4.73. The number of aromatic nitrogens is 2. The molecule has 0 saturated heterocycles. The Labute approximate surface area is 211 Å². The molecule has 2 aromatic carbocycles. The van der Waals surface area contributed by atoms with Gasteiger partial charge in [0.05, 0.1) is 27.1 Å². The molecule has 0 aliphatic rings. The van der Waals surface area contributed by atoms with Crippen molar-refractivity contribution in [1.29, 1.82) is 0 Å². The molecule has 3 rings (SSSR count). The molecule has 1 aromatic heterocycles. The zero-order valence-electron chi connectivity index (χ0n) is 20.0. The van der Waals surface area contributed by atoms with E-state index in [1.165, 1.54) is 50.5 Å². The Hall–Kier alpha value is -3.57. The first-order valence-corrected chi connectivity index (χ1v) is 12.3. The van der Waals surface area contributed by atoms with Gasteiger partial charge in [-0.15, -0.1) is 10.2 Å². The van der Waals surface area contributed by atoms with Gasteiger partial charge in [0.1, 0.15) is 0 Å². The average molecular weight is 515 g/mol. The third-order valence-corrected chi connectivity index (χ3v) is 6.71. The number of amides is 2. The van der Waals surface area contributed by atoms with E-state index in [-0.39, 0.29) is 17.6 Å². The van der Waals surface area contributed by atoms with Crippen LogP contribution in [0.1, 0.15) is 16.7 Å². The highest BCUT2D eigenvalue weighted by molar-refractivity contribution is 8.01. The molecule has 1 heterocycles. The Morgan fingerprint density at radius 1 is 1.00 bits per heavy atom. The van der Waals surface area contributed by atoms with Crippen molar-refractivity contribution in [1.82, 2.24) is 10.2 Å². The molecular weight excluding hydrogens is 488 g/mol. The Balaban J connectivity index is 1.54. The molecule has 11 heteroatoms. The SMILES string of the molecule is COc1cc(/C=C/C(=O)Nc2nnc(SCC(=O)Nc3ccc(C)cc3C)s2)cc(OC)c1OC. The van der Waals surface area contributed by atoms with Crippen molar-refractivity contribution in [2.45, 2.75) is 18.2 Å². The predicted octanol–water partition coefficient (Wildman–Crippen LogP) is 4.56. The molecule has 2 N–H and O–H groups in total. The van der Waals surface area contributed by atoms with Gasteiger partial charge in [-0.3, -0.25) is 14.9 Å². The van der Waals surface area contributed by atoms with Crippen molar-refractivity contribution in [3.8, 4) is 17.2 Å². The number of nitrogens with zero attached hydrogens (tertiary/aromatic N) is 2. The number of hydrogen-bond acceptors (Lipinski definition) is 9. The normalized spacial score (nSPS) is 10.8. The summed E-state index contributed by atoms with van der Waals surface area (Å²) in [5.41, 5.74) is 3.61. The maximum absolute atomic E-state index is 12.3. The van der Waals surface area contributed by atoms with Gasteiger partial charge in [0.25, 0.3) is 0 Å². The Kier molecular flexibility index (Phi) is 9.10. The van der Waals surface area contributed by atoms with Crippen LogP contribution < -0.4 is 24.8 Å². The molecule has 0 spiro atoms. The van der Waals surface area contributed by atoms with Gasteiger partial charge in [-0.2, -0.15) is 0 Å². The number of methoxy groups -OCH3 is 3. The molecular formula is C24H26N4O5S2. The fraction of sp³-hybridized carbons (Fsp3) is 0.250. The van der Waals surface area contributed by atoms with E-state index in [1.54, 1.807) is 18.2 Å². The molecule has 0 aliphatic carbocycles. The van der Waals surface area contributed by atoms with E-state index in [2.05, 4.69) is 20.8 Å². The van der Waals surface area contributed by atoms with Crippen LogP contribution in [0.2, 0.25) is 0 Å². The van der Waals surface area contributed by atoms with E-state index in [0.717, 1.165) is 16.8 Å². The summed E-state index contributed by atoms with van der Waals surface area (Å²) in [6.07, 6.45) is 2.99. The number of ether oxygens (including phenoxy) is 3. The zero-order chi connectivity index (χ0) is 25.4. The van der Waals surface area contributed by atoms with Crippen molar-refractivity contribution in [3.63, 3.8) is 0 Å². The number of carbonyl (C=O) groups excluding carboxylic acids is 2. The number of rotatable bonds is 10. The van der Waals surface area contributed by atoms with E-state index in [0.29, 0.717) is 32.3 Å². The minimum Gasteiger partial charge on any atom is -0.493 e. The molecule has 9 nitrogen and oxygen atoms in total. The van der Waals surface area contributed by atoms with Gasteiger partial charge in [-0.05, 0) is 49.2 Å². The second-order valence-corrected chi connectivity index (χ2v) is 9.51. The minimum absolute atomic E-state index is 0.143. The molecule has 35 heavy (non-hydrogen) atoms. The highest BCUT2D eigenvalue weighted by atomic mass is 32.2. The van der Waals surface area contributed by atoms with Crippen molar-refractivity contribution in [2.75, 3.05) is 37.7 Å². The number of nitrogens with one attached hydrogen (secondary N) is 2. The minimum atomic E-state index is -0.376. The molecule has 2 amide bonds. The molecule has 0 saturated carbocycles. The van der Waals surface area contributed by atoms with E-state index in [9.17, 15) is 9.59 Å². The van der Waals surface area contributed by atoms with Gasteiger partial charge in [-0.25, -0.2) is 0 Å². The number of hydrogen-bond donors (Lipinski definition) is 2. The topological polar surface area (TPSA) is 112 Å². The quantitative estimate of drug-likeness (QED) is 0.230. The number of benzene rings is 2. The Bertz CT molecular complexity index is 1220. The maximum Gasteiger partial charge on any atom is 0.250 e. The molecule has 0 aliphatic heterocycles. The molecule has 0 unspecified atom stereocenters. The first kappa shape index (κ1) is 26.0. The van der Waals surface area contributed by atoms with E-state index >= 15 is 0 Å². The Morgan fingerprint density at radius 2 is 1.71 bits per heavy atom. The fourth-order valence-corrected chi connectivity index (χ4v) is 4.66. The summed E-state index contributed by atoms with van der Waals surface area (Å²) >= 11 is 2.44. The van der Waals surface area contributed by atoms with Gasteiger partial charge in [0, 0.05) is 11.8 Å². The Morgan fingerprint density at radius 3 is 2.34 bits per heavy atom. The lowest BCUT2D eigenvalue weighted by atomic mass is 10.1. The second-order valence-electron chi connectivity index (χ2n) is 7.31. The van der Waals surface area contributed by atoms with Gasteiger partial charge in [0.15, 0.2) is 15.8 Å². The predicted molar refractivity (Wildman–Crippen MR) is 139 cm³/mol. The van der Waals surface area contributed by atoms with Crippen molar-refractivity contribution in [2.24, 2.45) is 0 Å². The van der Waals surface area contributed by atoms with Crippen molar-refractivity contribution in [3.05, 3.63) is 53.1 Å². The molecule has 0 fully saturated rings. The van der Waals surface area contributed by atoms with Gasteiger partial charge >= 0.3 is 0 Å². The molecule has 0 atom stereocenters. The largest absolute Gasteiger partial charge is 0.493 e. The van der Waals surface area contributed by atoms with Crippen LogP contribution in [0.25, 0.3) is 6.08 Å². The van der Waals surface area contributed by atoms with E-state index < -0.39 is 0 Å². The maximum atomic E-state index is 12.3. The summed E-state index contributed by atoms with van der Waals surface area (Å²) in [5.74, 6) is 1.10. The summed E-state index contributed by atoms with van der Waals surface area (Å²) < 4.78 is 16.5. The highest BCUT2D eigenvalue weighted by Gasteiger charge is 2.13. The van der Waals surface area contributed by atoms with Gasteiger partial charge < -0.3 is 19.5 Å². The van der Waals surface area contributed by atoms with Gasteiger partial charge in [0.2, 0.25) is 22.7 Å². The standard InChI is InChI=1S/C24H26N4O5S2/c1-14-6-8-17(15(2)10-14)25-21(30)13-34-24-28-27-23(35-24)26-20(29)9-7-16-11-18(31-3)22(33-5)19(12-16)32-4/h6-12H,13H2,1-5H3,(H,25,30)(H,26,27,29)/b9-7+. The third kappa shape index (κ3) is 7.20. The summed E-state index contributed by atoms with van der Waals surface area (Å²) in [7, 11) is 4.57. The van der Waals surface area contributed by atoms with Crippen LogP contribution in [0, 0.1) is 13.8 Å². The molecule has 0 bridgehead atoms. The van der Waals surface area contributed by atoms with Crippen LogP contribution in [0.4, 0.5) is 10.8 Å². The second kappa shape index (κ2) is 12.2. The monoisotopic (exact) mass is 514 g/mol. The lowest BCUT2D eigenvalue weighted by Crippen LogP contribution is -2.14. The molecule has 184 valence electrons. The molecule has 3 aromatic rings. The van der Waals surface area contributed by atoms with Crippen molar-refractivity contribution >= 4 is 51.8 Å². The van der Waals surface area contributed by atoms with Gasteiger partial charge in [-0.1, -0.05) is 40.8 Å². The fourth-order valence-electron chi connectivity index (χ4n) is 3.10. The van der Waals surface area contributed by atoms with Crippen LogP contribution in [0.5, 0.6) is 17.2 Å². The lowest BCUT2D eigenvalue weighted by Gasteiger charge is -2.12. The van der Waals surface area contributed by atoms with Crippen LogP contribution >= 0.6 is 23.1 Å². The zero-order valence-corrected chi connectivity index (χ0v) is 21.6. The number of anilines is 2. The smallest absolute Gasteiger partial charge is 0.250 e. The van der Waals surface area contributed by atoms with E-state index in [4.69, 9.17) is 14.2 Å². The summed E-state index contributed by atoms with van der Waals surface area (Å²) in [5, 5.41) is 13.9.